The van der Waals surface area contributed by atoms with Gasteiger partial charge in [0.15, 0.2) is 0 Å². The Morgan fingerprint density at radius 2 is 2.12 bits per heavy atom. The number of rotatable bonds is 6. The Kier molecular flexibility index (Phi) is 4.95. The lowest BCUT2D eigenvalue weighted by molar-refractivity contribution is 0.468. The van der Waals surface area contributed by atoms with Crippen molar-refractivity contribution in [3.05, 3.63) is 22.4 Å². The van der Waals surface area contributed by atoms with Crippen molar-refractivity contribution in [3.8, 4) is 0 Å². The molecule has 0 saturated heterocycles. The normalized spacial score (nSPS) is 14.2. The highest BCUT2D eigenvalue weighted by molar-refractivity contribution is 7.89. The molecule has 92 valence electrons. The van der Waals surface area contributed by atoms with Crippen molar-refractivity contribution in [1.29, 1.82) is 0 Å². The van der Waals surface area contributed by atoms with E-state index in [2.05, 4.69) is 4.72 Å². The Hall–Kier alpha value is -0.390. The van der Waals surface area contributed by atoms with E-state index in [1.807, 2.05) is 38.3 Å². The van der Waals surface area contributed by atoms with Gasteiger partial charge in [0.05, 0.1) is 11.8 Å². The van der Waals surface area contributed by atoms with E-state index >= 15 is 0 Å². The number of hydrogen-bond donors (Lipinski definition) is 1. The topological polar surface area (TPSA) is 46.2 Å². The van der Waals surface area contributed by atoms with Crippen LogP contribution in [0.5, 0.6) is 0 Å². The zero-order valence-electron chi connectivity index (χ0n) is 9.93. The standard InChI is InChI=1S/C11H19NO2S2/c1-4-8-16(13,14)12-11(9(2)3)10-6-5-7-15-10/h5-7,9,11-12H,4,8H2,1-3H3. The third-order valence-electron chi connectivity index (χ3n) is 2.30. The number of sulfonamides is 1. The van der Waals surface area contributed by atoms with Crippen molar-refractivity contribution >= 4 is 21.4 Å². The monoisotopic (exact) mass is 261 g/mol. The molecule has 3 nitrogen and oxygen atoms in total. The van der Waals surface area contributed by atoms with Crippen molar-refractivity contribution in [2.45, 2.75) is 33.2 Å². The summed E-state index contributed by atoms with van der Waals surface area (Å²) in [5, 5.41) is 1.97. The van der Waals surface area contributed by atoms with Crippen LogP contribution in [0.1, 0.15) is 38.1 Å². The largest absolute Gasteiger partial charge is 0.212 e. The first-order valence-corrected chi connectivity index (χ1v) is 8.03. The van der Waals surface area contributed by atoms with E-state index < -0.39 is 10.0 Å². The van der Waals surface area contributed by atoms with E-state index in [0.717, 1.165) is 4.88 Å². The molecule has 0 spiro atoms. The molecule has 1 heterocycles. The molecule has 0 aliphatic carbocycles. The molecule has 0 fully saturated rings. The summed E-state index contributed by atoms with van der Waals surface area (Å²) in [5.41, 5.74) is 0. The summed E-state index contributed by atoms with van der Waals surface area (Å²) in [6.45, 7) is 5.92. The molecule has 1 unspecified atom stereocenters. The lowest BCUT2D eigenvalue weighted by Gasteiger charge is -2.20. The van der Waals surface area contributed by atoms with Crippen molar-refractivity contribution in [1.82, 2.24) is 4.72 Å². The predicted octanol–water partition coefficient (Wildman–Crippen LogP) is 2.77. The minimum atomic E-state index is -3.15. The van der Waals surface area contributed by atoms with Gasteiger partial charge < -0.3 is 0 Å². The molecule has 0 bridgehead atoms. The summed E-state index contributed by atoms with van der Waals surface area (Å²) in [6, 6.07) is 3.82. The van der Waals surface area contributed by atoms with Gasteiger partial charge in [-0.3, -0.25) is 0 Å². The second-order valence-electron chi connectivity index (χ2n) is 4.17. The molecule has 1 atom stereocenters. The van der Waals surface area contributed by atoms with Crippen LogP contribution < -0.4 is 4.72 Å². The van der Waals surface area contributed by atoms with Gasteiger partial charge >= 0.3 is 0 Å². The van der Waals surface area contributed by atoms with E-state index in [9.17, 15) is 8.42 Å². The van der Waals surface area contributed by atoms with Crippen LogP contribution in [0.25, 0.3) is 0 Å². The Morgan fingerprint density at radius 3 is 2.56 bits per heavy atom. The summed E-state index contributed by atoms with van der Waals surface area (Å²) >= 11 is 1.59. The van der Waals surface area contributed by atoms with Gasteiger partial charge in [0.2, 0.25) is 10.0 Å². The van der Waals surface area contributed by atoms with Gasteiger partial charge in [-0.05, 0) is 23.8 Å². The van der Waals surface area contributed by atoms with Gasteiger partial charge in [0, 0.05) is 4.88 Å². The molecular formula is C11H19NO2S2. The van der Waals surface area contributed by atoms with E-state index in [-0.39, 0.29) is 17.7 Å². The lowest BCUT2D eigenvalue weighted by Crippen LogP contribution is -2.32. The van der Waals surface area contributed by atoms with Gasteiger partial charge in [-0.2, -0.15) is 0 Å². The zero-order chi connectivity index (χ0) is 12.2. The Bertz CT molecular complexity index is 396. The second kappa shape index (κ2) is 5.80. The first-order chi connectivity index (χ1) is 7.46. The fourth-order valence-corrected chi connectivity index (χ4v) is 3.98. The third kappa shape index (κ3) is 3.88. The maximum Gasteiger partial charge on any atom is 0.212 e. The van der Waals surface area contributed by atoms with Crippen LogP contribution in [-0.2, 0) is 10.0 Å². The molecule has 0 amide bonds. The first kappa shape index (κ1) is 13.7. The van der Waals surface area contributed by atoms with E-state index in [4.69, 9.17) is 0 Å². The molecule has 1 aromatic rings. The van der Waals surface area contributed by atoms with Crippen LogP contribution in [0.2, 0.25) is 0 Å². The van der Waals surface area contributed by atoms with E-state index in [1.54, 1.807) is 11.3 Å². The molecular weight excluding hydrogens is 242 g/mol. The Balaban J connectivity index is 2.82. The maximum atomic E-state index is 11.7. The molecule has 5 heteroatoms. The van der Waals surface area contributed by atoms with Crippen molar-refractivity contribution in [2.24, 2.45) is 5.92 Å². The molecule has 0 aliphatic rings. The van der Waals surface area contributed by atoms with Crippen LogP contribution in [0.15, 0.2) is 17.5 Å². The molecule has 0 aliphatic heterocycles. The Labute approximate surface area is 102 Å². The van der Waals surface area contributed by atoms with Crippen LogP contribution in [0, 0.1) is 5.92 Å². The average molecular weight is 261 g/mol. The second-order valence-corrected chi connectivity index (χ2v) is 7.03. The van der Waals surface area contributed by atoms with Crippen LogP contribution in [-0.4, -0.2) is 14.2 Å². The van der Waals surface area contributed by atoms with Gasteiger partial charge in [-0.15, -0.1) is 11.3 Å². The summed E-state index contributed by atoms with van der Waals surface area (Å²) in [5.74, 6) is 0.451. The van der Waals surface area contributed by atoms with Crippen molar-refractivity contribution in [2.75, 3.05) is 5.75 Å². The maximum absolute atomic E-state index is 11.7. The summed E-state index contributed by atoms with van der Waals surface area (Å²) in [7, 11) is -3.15. The predicted molar refractivity (Wildman–Crippen MR) is 69.1 cm³/mol. The molecule has 1 N–H and O–H groups in total. The minimum absolute atomic E-state index is 0.100. The highest BCUT2D eigenvalue weighted by Crippen LogP contribution is 2.26. The fourth-order valence-electron chi connectivity index (χ4n) is 1.51. The number of hydrogen-bond acceptors (Lipinski definition) is 3. The first-order valence-electron chi connectivity index (χ1n) is 5.49. The summed E-state index contributed by atoms with van der Waals surface area (Å²) in [4.78, 5) is 1.08. The number of nitrogens with one attached hydrogen (secondary N) is 1. The highest BCUT2D eigenvalue weighted by atomic mass is 32.2. The minimum Gasteiger partial charge on any atom is -0.212 e. The molecule has 1 rings (SSSR count). The number of thiophene rings is 1. The molecule has 0 radical (unpaired) electrons. The zero-order valence-corrected chi connectivity index (χ0v) is 11.6. The molecule has 1 aromatic heterocycles. The van der Waals surface area contributed by atoms with Crippen molar-refractivity contribution in [3.63, 3.8) is 0 Å². The smallest absolute Gasteiger partial charge is 0.212 e. The van der Waals surface area contributed by atoms with Gasteiger partial charge in [0.25, 0.3) is 0 Å². The summed E-state index contributed by atoms with van der Waals surface area (Å²) in [6.07, 6.45) is 0.643. The van der Waals surface area contributed by atoms with Crippen LogP contribution in [0.3, 0.4) is 0 Å². The SMILES string of the molecule is CCCS(=O)(=O)NC(c1cccs1)C(C)C. The van der Waals surface area contributed by atoms with Gasteiger partial charge in [0.1, 0.15) is 0 Å². The summed E-state index contributed by atoms with van der Waals surface area (Å²) < 4.78 is 26.2. The van der Waals surface area contributed by atoms with Gasteiger partial charge in [-0.25, -0.2) is 13.1 Å². The average Bonchev–Trinajstić information content (AvgIpc) is 2.66. The van der Waals surface area contributed by atoms with Gasteiger partial charge in [-0.1, -0.05) is 26.8 Å². The van der Waals surface area contributed by atoms with E-state index in [0.29, 0.717) is 6.42 Å². The molecule has 0 aromatic carbocycles. The molecule has 16 heavy (non-hydrogen) atoms. The lowest BCUT2D eigenvalue weighted by atomic mass is 10.0. The third-order valence-corrected chi connectivity index (χ3v) is 4.81. The highest BCUT2D eigenvalue weighted by Gasteiger charge is 2.22. The van der Waals surface area contributed by atoms with E-state index in [1.165, 1.54) is 0 Å². The Morgan fingerprint density at radius 1 is 1.44 bits per heavy atom. The van der Waals surface area contributed by atoms with Crippen LogP contribution in [0.4, 0.5) is 0 Å². The quantitative estimate of drug-likeness (QED) is 0.856. The van der Waals surface area contributed by atoms with Crippen LogP contribution >= 0.6 is 11.3 Å². The fraction of sp³-hybridized carbons (Fsp3) is 0.636. The molecule has 0 saturated carbocycles. The van der Waals surface area contributed by atoms with Crippen molar-refractivity contribution < 1.29 is 8.42 Å².